The normalized spacial score (nSPS) is 11.3. The van der Waals surface area contributed by atoms with Crippen LogP contribution >= 0.6 is 11.3 Å². The van der Waals surface area contributed by atoms with Gasteiger partial charge in [0.15, 0.2) is 0 Å². The van der Waals surface area contributed by atoms with Crippen LogP contribution in [-0.2, 0) is 16.4 Å². The highest BCUT2D eigenvalue weighted by molar-refractivity contribution is 7.94. The van der Waals surface area contributed by atoms with Crippen molar-refractivity contribution in [1.82, 2.24) is 0 Å². The summed E-state index contributed by atoms with van der Waals surface area (Å²) in [5, 5.41) is 9.07. The molecule has 0 aliphatic carbocycles. The molecule has 1 aromatic carbocycles. The molecule has 0 spiro atoms. The topological polar surface area (TPSA) is 83.5 Å². The number of carboxylic acid groups (broad SMARTS) is 1. The van der Waals surface area contributed by atoms with E-state index < -0.39 is 16.0 Å². The van der Waals surface area contributed by atoms with Crippen molar-refractivity contribution in [2.75, 3.05) is 4.72 Å². The molecule has 21 heavy (non-hydrogen) atoms. The molecule has 0 saturated carbocycles. The largest absolute Gasteiger partial charge is 0.478 e. The maximum Gasteiger partial charge on any atom is 0.336 e. The first-order valence-corrected chi connectivity index (χ1v) is 8.59. The van der Waals surface area contributed by atoms with Gasteiger partial charge in [-0.2, -0.15) is 0 Å². The SMILES string of the molecule is CCc1ccc(S(=O)(=O)Nc2ccc(C)c(C(=O)O)c2)s1. The van der Waals surface area contributed by atoms with Crippen LogP contribution in [0.5, 0.6) is 0 Å². The molecule has 0 radical (unpaired) electrons. The molecule has 5 nitrogen and oxygen atoms in total. The molecule has 0 aliphatic rings. The summed E-state index contributed by atoms with van der Waals surface area (Å²) in [6, 6.07) is 7.78. The van der Waals surface area contributed by atoms with Crippen LogP contribution in [0.25, 0.3) is 0 Å². The van der Waals surface area contributed by atoms with Crippen LogP contribution in [0.3, 0.4) is 0 Å². The Kier molecular flexibility index (Phi) is 4.34. The van der Waals surface area contributed by atoms with Gasteiger partial charge in [0, 0.05) is 10.6 Å². The molecule has 0 atom stereocenters. The summed E-state index contributed by atoms with van der Waals surface area (Å²) >= 11 is 1.21. The summed E-state index contributed by atoms with van der Waals surface area (Å²) < 4.78 is 27.1. The van der Waals surface area contributed by atoms with Crippen LogP contribution < -0.4 is 4.72 Å². The number of anilines is 1. The maximum absolute atomic E-state index is 12.2. The van der Waals surface area contributed by atoms with Gasteiger partial charge in [0.05, 0.1) is 5.56 Å². The van der Waals surface area contributed by atoms with Crippen LogP contribution in [0.4, 0.5) is 5.69 Å². The average Bonchev–Trinajstić information content (AvgIpc) is 2.90. The Morgan fingerprint density at radius 3 is 2.57 bits per heavy atom. The number of sulfonamides is 1. The average molecular weight is 325 g/mol. The highest BCUT2D eigenvalue weighted by Gasteiger charge is 2.18. The molecule has 112 valence electrons. The second-order valence-corrected chi connectivity index (χ2v) is 7.59. The molecule has 2 aromatic rings. The van der Waals surface area contributed by atoms with E-state index in [1.54, 1.807) is 31.2 Å². The van der Waals surface area contributed by atoms with Gasteiger partial charge < -0.3 is 5.11 Å². The molecule has 2 N–H and O–H groups in total. The van der Waals surface area contributed by atoms with Gasteiger partial charge in [-0.05, 0) is 43.2 Å². The first-order valence-electron chi connectivity index (χ1n) is 6.29. The van der Waals surface area contributed by atoms with Crippen LogP contribution in [0, 0.1) is 6.92 Å². The first kappa shape index (κ1) is 15.5. The van der Waals surface area contributed by atoms with E-state index in [0.717, 1.165) is 11.3 Å². The second kappa shape index (κ2) is 5.87. The van der Waals surface area contributed by atoms with Crippen LogP contribution in [-0.4, -0.2) is 19.5 Å². The van der Waals surface area contributed by atoms with Crippen molar-refractivity contribution in [2.24, 2.45) is 0 Å². The molecule has 0 saturated heterocycles. The fourth-order valence-electron chi connectivity index (χ4n) is 1.81. The Bertz CT molecular complexity index is 778. The quantitative estimate of drug-likeness (QED) is 0.884. The molecule has 0 bridgehead atoms. The Balaban J connectivity index is 2.32. The van der Waals surface area contributed by atoms with E-state index in [1.165, 1.54) is 17.4 Å². The number of hydrogen-bond acceptors (Lipinski definition) is 4. The third kappa shape index (κ3) is 3.43. The van der Waals surface area contributed by atoms with E-state index >= 15 is 0 Å². The lowest BCUT2D eigenvalue weighted by atomic mass is 10.1. The molecule has 7 heteroatoms. The first-order chi connectivity index (χ1) is 9.83. The van der Waals surface area contributed by atoms with Crippen molar-refractivity contribution < 1.29 is 18.3 Å². The lowest BCUT2D eigenvalue weighted by Gasteiger charge is -2.08. The second-order valence-electron chi connectivity index (χ2n) is 4.51. The third-order valence-corrected chi connectivity index (χ3v) is 6.07. The molecule has 1 heterocycles. The van der Waals surface area contributed by atoms with Gasteiger partial charge in [-0.3, -0.25) is 4.72 Å². The lowest BCUT2D eigenvalue weighted by molar-refractivity contribution is 0.0696. The smallest absolute Gasteiger partial charge is 0.336 e. The maximum atomic E-state index is 12.2. The van der Waals surface area contributed by atoms with Crippen LogP contribution in [0.2, 0.25) is 0 Å². The zero-order valence-electron chi connectivity index (χ0n) is 11.6. The number of hydrogen-bond donors (Lipinski definition) is 2. The fourth-order valence-corrected chi connectivity index (χ4v) is 4.16. The molecule has 1 aromatic heterocycles. The number of carboxylic acids is 1. The van der Waals surface area contributed by atoms with E-state index in [-0.39, 0.29) is 15.5 Å². The van der Waals surface area contributed by atoms with Gasteiger partial charge >= 0.3 is 5.97 Å². The number of nitrogens with one attached hydrogen (secondary N) is 1. The van der Waals surface area contributed by atoms with Gasteiger partial charge in [-0.25, -0.2) is 13.2 Å². The van der Waals surface area contributed by atoms with Crippen molar-refractivity contribution in [1.29, 1.82) is 0 Å². The Morgan fingerprint density at radius 2 is 2.00 bits per heavy atom. The number of rotatable bonds is 5. The van der Waals surface area contributed by atoms with Gasteiger partial charge in [-0.1, -0.05) is 13.0 Å². The molecular weight excluding hydrogens is 310 g/mol. The Morgan fingerprint density at radius 1 is 1.29 bits per heavy atom. The standard InChI is InChI=1S/C14H15NO4S2/c1-3-11-6-7-13(20-11)21(18,19)15-10-5-4-9(2)12(8-10)14(16)17/h4-8,15H,3H2,1-2H3,(H,16,17). The summed E-state index contributed by atoms with van der Waals surface area (Å²) in [4.78, 5) is 12.1. The van der Waals surface area contributed by atoms with Crippen molar-refractivity contribution in [3.63, 3.8) is 0 Å². The fraction of sp³-hybridized carbons (Fsp3) is 0.214. The highest BCUT2D eigenvalue weighted by Crippen LogP contribution is 2.25. The van der Waals surface area contributed by atoms with Gasteiger partial charge in [-0.15, -0.1) is 11.3 Å². The van der Waals surface area contributed by atoms with E-state index in [2.05, 4.69) is 4.72 Å². The Hall–Kier alpha value is -1.86. The predicted molar refractivity (Wildman–Crippen MR) is 82.6 cm³/mol. The van der Waals surface area contributed by atoms with E-state index in [4.69, 9.17) is 5.11 Å². The minimum Gasteiger partial charge on any atom is -0.478 e. The number of aryl methyl sites for hydroxylation is 2. The van der Waals surface area contributed by atoms with E-state index in [0.29, 0.717) is 5.56 Å². The molecule has 2 rings (SSSR count). The van der Waals surface area contributed by atoms with Gasteiger partial charge in [0.25, 0.3) is 10.0 Å². The number of carbonyl (C=O) groups is 1. The highest BCUT2D eigenvalue weighted by atomic mass is 32.2. The zero-order chi connectivity index (χ0) is 15.6. The number of thiophene rings is 1. The summed E-state index contributed by atoms with van der Waals surface area (Å²) in [6.45, 7) is 3.61. The third-order valence-electron chi connectivity index (χ3n) is 2.97. The molecule has 0 amide bonds. The summed E-state index contributed by atoms with van der Waals surface area (Å²) in [7, 11) is -3.68. The lowest BCUT2D eigenvalue weighted by Crippen LogP contribution is -2.12. The van der Waals surface area contributed by atoms with Gasteiger partial charge in [0.2, 0.25) is 0 Å². The predicted octanol–water partition coefficient (Wildman–Crippen LogP) is 3.12. The summed E-state index contributed by atoms with van der Waals surface area (Å²) in [5.41, 5.74) is 0.898. The van der Waals surface area contributed by atoms with Crippen LogP contribution in [0.1, 0.15) is 27.7 Å². The molecule has 0 aliphatic heterocycles. The van der Waals surface area contributed by atoms with Crippen molar-refractivity contribution >= 4 is 33.0 Å². The minimum absolute atomic E-state index is 0.0793. The van der Waals surface area contributed by atoms with Crippen molar-refractivity contribution in [2.45, 2.75) is 24.5 Å². The molecule has 0 unspecified atom stereocenters. The molecule has 0 fully saturated rings. The van der Waals surface area contributed by atoms with E-state index in [1.807, 2.05) is 6.92 Å². The zero-order valence-corrected chi connectivity index (χ0v) is 13.2. The Labute approximate surface area is 127 Å². The van der Waals surface area contributed by atoms with Crippen molar-refractivity contribution in [3.05, 3.63) is 46.3 Å². The van der Waals surface area contributed by atoms with Gasteiger partial charge in [0.1, 0.15) is 4.21 Å². The summed E-state index contributed by atoms with van der Waals surface area (Å²) in [6.07, 6.45) is 0.772. The number of benzene rings is 1. The van der Waals surface area contributed by atoms with E-state index in [9.17, 15) is 13.2 Å². The number of aromatic carboxylic acids is 1. The molecular formula is C14H15NO4S2. The van der Waals surface area contributed by atoms with Crippen LogP contribution in [0.15, 0.2) is 34.5 Å². The van der Waals surface area contributed by atoms with Crippen molar-refractivity contribution in [3.8, 4) is 0 Å². The summed E-state index contributed by atoms with van der Waals surface area (Å²) in [5.74, 6) is -1.09. The minimum atomic E-state index is -3.68. The monoisotopic (exact) mass is 325 g/mol.